The largest absolute Gasteiger partial charge is 0.462 e. The average Bonchev–Trinajstić information content (AvgIpc) is 3.15. The van der Waals surface area contributed by atoms with Gasteiger partial charge in [0.15, 0.2) is 5.58 Å². The van der Waals surface area contributed by atoms with Crippen LogP contribution in [0.2, 0.25) is 0 Å². The molecule has 5 heteroatoms. The summed E-state index contributed by atoms with van der Waals surface area (Å²) < 4.78 is 11.3. The van der Waals surface area contributed by atoms with Crippen LogP contribution in [0.1, 0.15) is 5.56 Å². The normalized spacial score (nSPS) is 10.6. The Kier molecular flexibility index (Phi) is 4.49. The molecule has 4 aromatic rings. The molecule has 0 saturated heterocycles. The van der Waals surface area contributed by atoms with Gasteiger partial charge in [-0.3, -0.25) is 0 Å². The second-order valence-electron chi connectivity index (χ2n) is 6.12. The fourth-order valence-electron chi connectivity index (χ4n) is 2.83. The van der Waals surface area contributed by atoms with Crippen LogP contribution in [-0.4, -0.2) is 6.03 Å². The van der Waals surface area contributed by atoms with Crippen LogP contribution in [0.15, 0.2) is 83.5 Å². The first-order chi connectivity index (χ1) is 13.2. The number of ether oxygens (including phenoxy) is 1. The molecule has 4 rings (SSSR count). The second kappa shape index (κ2) is 7.25. The van der Waals surface area contributed by atoms with Gasteiger partial charge in [-0.15, -0.1) is 0 Å². The quantitative estimate of drug-likeness (QED) is 0.458. The molecule has 134 valence electrons. The molecular weight excluding hydrogens is 340 g/mol. The Morgan fingerprint density at radius 3 is 2.59 bits per heavy atom. The van der Waals surface area contributed by atoms with Crippen molar-refractivity contribution in [2.24, 2.45) is 0 Å². The summed E-state index contributed by atoms with van der Waals surface area (Å²) in [5, 5.41) is 6.59. The summed E-state index contributed by atoms with van der Waals surface area (Å²) in [5.41, 5.74) is 2.87. The molecule has 5 nitrogen and oxygen atoms in total. The monoisotopic (exact) mass is 358 g/mol. The van der Waals surface area contributed by atoms with Gasteiger partial charge in [-0.05, 0) is 55.0 Å². The highest BCUT2D eigenvalue weighted by Crippen LogP contribution is 2.28. The van der Waals surface area contributed by atoms with Crippen molar-refractivity contribution < 1.29 is 13.9 Å². The molecule has 0 aliphatic rings. The SMILES string of the molecule is Cc1cc(NC(=O)Nc2cccc3ccoc23)ccc1Oc1ccccc1. The number of carbonyl (C=O) groups excluding carboxylic acids is 1. The number of nitrogens with one attached hydrogen (secondary N) is 2. The molecule has 2 amide bonds. The van der Waals surface area contributed by atoms with Crippen LogP contribution in [0.4, 0.5) is 16.2 Å². The molecule has 27 heavy (non-hydrogen) atoms. The van der Waals surface area contributed by atoms with Crippen LogP contribution in [0.3, 0.4) is 0 Å². The predicted molar refractivity (Wildman–Crippen MR) is 107 cm³/mol. The topological polar surface area (TPSA) is 63.5 Å². The number of rotatable bonds is 4. The first kappa shape index (κ1) is 16.7. The summed E-state index contributed by atoms with van der Waals surface area (Å²) in [7, 11) is 0. The average molecular weight is 358 g/mol. The van der Waals surface area contributed by atoms with Crippen molar-refractivity contribution in [1.82, 2.24) is 0 Å². The van der Waals surface area contributed by atoms with E-state index in [1.54, 1.807) is 18.4 Å². The Bertz CT molecular complexity index is 1090. The molecule has 0 bridgehead atoms. The maximum atomic E-state index is 12.3. The van der Waals surface area contributed by atoms with Crippen LogP contribution < -0.4 is 15.4 Å². The van der Waals surface area contributed by atoms with E-state index in [2.05, 4.69) is 10.6 Å². The van der Waals surface area contributed by atoms with Crippen LogP contribution in [0, 0.1) is 6.92 Å². The van der Waals surface area contributed by atoms with Crippen molar-refractivity contribution in [2.45, 2.75) is 6.92 Å². The molecule has 3 aromatic carbocycles. The number of carbonyl (C=O) groups is 1. The summed E-state index contributed by atoms with van der Waals surface area (Å²) in [5.74, 6) is 1.51. The van der Waals surface area contributed by atoms with Crippen molar-refractivity contribution in [1.29, 1.82) is 0 Å². The third-order valence-corrected chi connectivity index (χ3v) is 4.13. The molecule has 0 aliphatic heterocycles. The zero-order chi connectivity index (χ0) is 18.6. The Morgan fingerprint density at radius 2 is 1.78 bits per heavy atom. The van der Waals surface area contributed by atoms with E-state index in [4.69, 9.17) is 9.15 Å². The van der Waals surface area contributed by atoms with Crippen molar-refractivity contribution >= 4 is 28.4 Å². The lowest BCUT2D eigenvalue weighted by Crippen LogP contribution is -2.19. The number of benzene rings is 3. The fourth-order valence-corrected chi connectivity index (χ4v) is 2.83. The van der Waals surface area contributed by atoms with Gasteiger partial charge in [0.1, 0.15) is 11.5 Å². The number of para-hydroxylation sites is 2. The molecule has 0 radical (unpaired) electrons. The van der Waals surface area contributed by atoms with E-state index in [1.165, 1.54) is 0 Å². The van der Waals surface area contributed by atoms with Gasteiger partial charge in [-0.1, -0.05) is 30.3 Å². The van der Waals surface area contributed by atoms with Crippen molar-refractivity contribution in [3.05, 3.63) is 84.6 Å². The molecule has 0 unspecified atom stereocenters. The Balaban J connectivity index is 1.45. The highest BCUT2D eigenvalue weighted by atomic mass is 16.5. The van der Waals surface area contributed by atoms with E-state index in [9.17, 15) is 4.79 Å². The highest BCUT2D eigenvalue weighted by molar-refractivity contribution is 6.04. The maximum Gasteiger partial charge on any atom is 0.323 e. The second-order valence-corrected chi connectivity index (χ2v) is 6.12. The van der Waals surface area contributed by atoms with Gasteiger partial charge >= 0.3 is 6.03 Å². The first-order valence-corrected chi connectivity index (χ1v) is 8.57. The number of hydrogen-bond donors (Lipinski definition) is 2. The van der Waals surface area contributed by atoms with Gasteiger partial charge in [0, 0.05) is 11.1 Å². The third-order valence-electron chi connectivity index (χ3n) is 4.13. The van der Waals surface area contributed by atoms with Crippen molar-refractivity contribution in [3.63, 3.8) is 0 Å². The maximum absolute atomic E-state index is 12.3. The highest BCUT2D eigenvalue weighted by Gasteiger charge is 2.09. The standard InChI is InChI=1S/C22H18N2O3/c1-15-14-17(10-11-20(15)27-18-7-3-2-4-8-18)23-22(25)24-19-9-5-6-16-12-13-26-21(16)19/h2-14H,1H3,(H2,23,24,25). The number of anilines is 2. The van der Waals surface area contributed by atoms with E-state index in [1.807, 2.05) is 67.6 Å². The number of urea groups is 1. The first-order valence-electron chi connectivity index (χ1n) is 8.57. The number of hydrogen-bond acceptors (Lipinski definition) is 3. The van der Waals surface area contributed by atoms with Gasteiger partial charge in [0.25, 0.3) is 0 Å². The molecule has 1 aromatic heterocycles. The molecule has 1 heterocycles. The lowest BCUT2D eigenvalue weighted by atomic mass is 10.2. The fraction of sp³-hybridized carbons (Fsp3) is 0.0455. The van der Waals surface area contributed by atoms with E-state index in [0.29, 0.717) is 17.0 Å². The number of aryl methyl sites for hydroxylation is 1. The summed E-state index contributed by atoms with van der Waals surface area (Å²) in [6.45, 7) is 1.94. The summed E-state index contributed by atoms with van der Waals surface area (Å²) >= 11 is 0. The zero-order valence-electron chi connectivity index (χ0n) is 14.7. The Morgan fingerprint density at radius 1 is 0.926 bits per heavy atom. The van der Waals surface area contributed by atoms with Crippen LogP contribution >= 0.6 is 0 Å². The Labute approximate surface area is 156 Å². The molecular formula is C22H18N2O3. The zero-order valence-corrected chi connectivity index (χ0v) is 14.7. The molecule has 0 atom stereocenters. The van der Waals surface area contributed by atoms with Crippen LogP contribution in [0.5, 0.6) is 11.5 Å². The van der Waals surface area contributed by atoms with Crippen molar-refractivity contribution in [3.8, 4) is 11.5 Å². The van der Waals surface area contributed by atoms with Crippen molar-refractivity contribution in [2.75, 3.05) is 10.6 Å². The number of amides is 2. The van der Waals surface area contributed by atoms with E-state index in [-0.39, 0.29) is 6.03 Å². The minimum absolute atomic E-state index is 0.338. The molecule has 0 saturated carbocycles. The molecule has 0 aliphatic carbocycles. The van der Waals surface area contributed by atoms with Gasteiger partial charge in [0.2, 0.25) is 0 Å². The van der Waals surface area contributed by atoms with E-state index < -0.39 is 0 Å². The summed E-state index contributed by atoms with van der Waals surface area (Å²) in [6.07, 6.45) is 1.60. The summed E-state index contributed by atoms with van der Waals surface area (Å²) in [4.78, 5) is 12.3. The smallest absolute Gasteiger partial charge is 0.323 e. The molecule has 0 spiro atoms. The molecule has 0 fully saturated rings. The van der Waals surface area contributed by atoms with E-state index in [0.717, 1.165) is 22.4 Å². The Hall–Kier alpha value is -3.73. The van der Waals surface area contributed by atoms with Gasteiger partial charge < -0.3 is 19.8 Å². The van der Waals surface area contributed by atoms with Crippen LogP contribution in [-0.2, 0) is 0 Å². The van der Waals surface area contributed by atoms with Crippen LogP contribution in [0.25, 0.3) is 11.0 Å². The minimum atomic E-state index is -0.338. The third kappa shape index (κ3) is 3.77. The van der Waals surface area contributed by atoms with Gasteiger partial charge in [-0.25, -0.2) is 4.79 Å². The van der Waals surface area contributed by atoms with E-state index >= 15 is 0 Å². The van der Waals surface area contributed by atoms with Gasteiger partial charge in [-0.2, -0.15) is 0 Å². The predicted octanol–water partition coefficient (Wildman–Crippen LogP) is 6.18. The minimum Gasteiger partial charge on any atom is -0.462 e. The number of furan rings is 1. The molecule has 2 N–H and O–H groups in total. The summed E-state index contributed by atoms with van der Waals surface area (Å²) in [6, 6.07) is 22.2. The lowest BCUT2D eigenvalue weighted by Gasteiger charge is -2.12. The number of fused-ring (bicyclic) bond motifs is 1. The lowest BCUT2D eigenvalue weighted by molar-refractivity contribution is 0.262. The van der Waals surface area contributed by atoms with Gasteiger partial charge in [0.05, 0.1) is 12.0 Å².